The van der Waals surface area contributed by atoms with E-state index in [1.165, 1.54) is 19.2 Å². The lowest BCUT2D eigenvalue weighted by molar-refractivity contribution is -0.0504. The van der Waals surface area contributed by atoms with E-state index in [4.69, 9.17) is 4.74 Å². The number of guanidine groups is 1. The molecule has 1 aromatic rings. The third-order valence-corrected chi connectivity index (χ3v) is 4.32. The molecular weight excluding hydrogens is 394 g/mol. The van der Waals surface area contributed by atoms with Gasteiger partial charge in [-0.3, -0.25) is 0 Å². The van der Waals surface area contributed by atoms with Crippen molar-refractivity contribution in [3.05, 3.63) is 23.8 Å². The van der Waals surface area contributed by atoms with Crippen molar-refractivity contribution >= 4 is 16.0 Å². The minimum Gasteiger partial charge on any atom is -0.497 e. The van der Waals surface area contributed by atoms with E-state index in [1.807, 2.05) is 6.92 Å². The molecule has 0 radical (unpaired) electrons. The van der Waals surface area contributed by atoms with Crippen LogP contribution in [0.4, 0.5) is 8.78 Å². The molecule has 0 unspecified atom stereocenters. The predicted molar refractivity (Wildman–Crippen MR) is 105 cm³/mol. The van der Waals surface area contributed by atoms with Gasteiger partial charge in [-0.05, 0) is 39.0 Å². The van der Waals surface area contributed by atoms with Crippen LogP contribution in [0.5, 0.6) is 11.5 Å². The maximum Gasteiger partial charge on any atom is 0.387 e. The first-order chi connectivity index (χ1) is 13.0. The number of benzene rings is 1. The molecule has 0 atom stereocenters. The third-order valence-electron chi connectivity index (χ3n) is 3.39. The van der Waals surface area contributed by atoms with Gasteiger partial charge < -0.3 is 20.1 Å². The Hall–Kier alpha value is -2.14. The molecule has 0 spiro atoms. The highest BCUT2D eigenvalue weighted by Gasteiger charge is 2.22. The second-order valence-corrected chi connectivity index (χ2v) is 8.41. The summed E-state index contributed by atoms with van der Waals surface area (Å²) in [5, 5.41) is 6.05. The molecule has 0 saturated carbocycles. The average molecular weight is 422 g/mol. The van der Waals surface area contributed by atoms with E-state index in [-0.39, 0.29) is 18.8 Å². The Labute approximate surface area is 164 Å². The fourth-order valence-electron chi connectivity index (χ4n) is 2.37. The molecule has 0 aliphatic carbocycles. The molecule has 1 rings (SSSR count). The molecule has 0 fully saturated rings. The lowest BCUT2D eigenvalue weighted by atomic mass is 10.1. The Kier molecular flexibility index (Phi) is 8.89. The molecule has 3 N–H and O–H groups in total. The van der Waals surface area contributed by atoms with Gasteiger partial charge in [-0.15, -0.1) is 0 Å². The fraction of sp³-hybridized carbons (Fsp3) is 0.588. The van der Waals surface area contributed by atoms with Gasteiger partial charge in [0.25, 0.3) is 0 Å². The van der Waals surface area contributed by atoms with E-state index in [9.17, 15) is 17.2 Å². The van der Waals surface area contributed by atoms with Crippen LogP contribution in [0, 0.1) is 0 Å². The van der Waals surface area contributed by atoms with Gasteiger partial charge in [0.1, 0.15) is 11.5 Å². The van der Waals surface area contributed by atoms with Crippen LogP contribution in [-0.2, 0) is 16.6 Å². The number of sulfonamides is 1. The molecule has 8 nitrogen and oxygen atoms in total. The van der Waals surface area contributed by atoms with E-state index >= 15 is 0 Å². The van der Waals surface area contributed by atoms with Crippen molar-refractivity contribution in [2.75, 3.05) is 26.5 Å². The highest BCUT2D eigenvalue weighted by molar-refractivity contribution is 7.88. The summed E-state index contributed by atoms with van der Waals surface area (Å²) in [4.78, 5) is 4.36. The van der Waals surface area contributed by atoms with Gasteiger partial charge >= 0.3 is 6.61 Å². The van der Waals surface area contributed by atoms with E-state index in [2.05, 4.69) is 25.1 Å². The number of nitrogens with one attached hydrogen (secondary N) is 3. The molecule has 28 heavy (non-hydrogen) atoms. The summed E-state index contributed by atoms with van der Waals surface area (Å²) in [5.74, 6) is 0.898. The zero-order valence-electron chi connectivity index (χ0n) is 16.7. The van der Waals surface area contributed by atoms with Crippen LogP contribution in [0.2, 0.25) is 0 Å². The maximum absolute atomic E-state index is 12.6. The first kappa shape index (κ1) is 23.9. The molecule has 160 valence electrons. The smallest absolute Gasteiger partial charge is 0.387 e. The summed E-state index contributed by atoms with van der Waals surface area (Å²) in [6.07, 6.45) is 1.08. The van der Waals surface area contributed by atoms with E-state index in [0.29, 0.717) is 23.8 Å². The molecule has 0 heterocycles. The zero-order chi connectivity index (χ0) is 21.4. The molecule has 0 bridgehead atoms. The quantitative estimate of drug-likeness (QED) is 0.392. The number of ether oxygens (including phenoxy) is 2. The standard InChI is InChI=1S/C17H28F2N4O4S/c1-6-20-16(22-11-17(2,3)23-28(5,24)25)21-10-12-9-13(26-4)7-8-14(12)27-15(18)19/h7-9,15,23H,6,10-11H2,1-5H3,(H2,20,21,22). The summed E-state index contributed by atoms with van der Waals surface area (Å²) in [6.45, 7) is 3.23. The van der Waals surface area contributed by atoms with Crippen molar-refractivity contribution in [2.24, 2.45) is 4.99 Å². The largest absolute Gasteiger partial charge is 0.497 e. The van der Waals surface area contributed by atoms with Crippen molar-refractivity contribution < 1.29 is 26.7 Å². The normalized spacial score (nSPS) is 12.8. The van der Waals surface area contributed by atoms with Gasteiger partial charge in [0.15, 0.2) is 5.96 Å². The third kappa shape index (κ3) is 9.18. The van der Waals surface area contributed by atoms with Crippen molar-refractivity contribution in [1.29, 1.82) is 0 Å². The Morgan fingerprint density at radius 3 is 2.50 bits per heavy atom. The number of aliphatic imine (C=N–C) groups is 1. The molecule has 11 heteroatoms. The van der Waals surface area contributed by atoms with Crippen LogP contribution >= 0.6 is 0 Å². The SMILES string of the molecule is CCNC(=NCc1cc(OC)ccc1OC(F)F)NCC(C)(C)NS(C)(=O)=O. The second kappa shape index (κ2) is 10.4. The van der Waals surface area contributed by atoms with Crippen LogP contribution in [0.25, 0.3) is 0 Å². The highest BCUT2D eigenvalue weighted by atomic mass is 32.2. The Morgan fingerprint density at radius 2 is 1.96 bits per heavy atom. The predicted octanol–water partition coefficient (Wildman–Crippen LogP) is 1.68. The van der Waals surface area contributed by atoms with Crippen LogP contribution in [0.15, 0.2) is 23.2 Å². The first-order valence-electron chi connectivity index (χ1n) is 8.58. The van der Waals surface area contributed by atoms with Crippen molar-refractivity contribution in [1.82, 2.24) is 15.4 Å². The second-order valence-electron chi connectivity index (χ2n) is 6.66. The van der Waals surface area contributed by atoms with E-state index in [1.54, 1.807) is 19.9 Å². The summed E-state index contributed by atoms with van der Waals surface area (Å²) in [5.41, 5.74) is -0.339. The van der Waals surface area contributed by atoms with Gasteiger partial charge in [-0.1, -0.05) is 0 Å². The molecule has 0 saturated heterocycles. The monoisotopic (exact) mass is 422 g/mol. The molecule has 0 aromatic heterocycles. The molecule has 0 amide bonds. The number of rotatable bonds is 10. The van der Waals surface area contributed by atoms with Crippen LogP contribution in [0.1, 0.15) is 26.3 Å². The van der Waals surface area contributed by atoms with Crippen molar-refractivity contribution in [3.8, 4) is 11.5 Å². The summed E-state index contributed by atoms with van der Waals surface area (Å²) in [6, 6.07) is 4.49. The first-order valence-corrected chi connectivity index (χ1v) is 10.5. The van der Waals surface area contributed by atoms with Gasteiger partial charge in [0, 0.05) is 24.2 Å². The minimum absolute atomic E-state index is 0.00877. The topological polar surface area (TPSA) is 101 Å². The number of alkyl halides is 2. The number of methoxy groups -OCH3 is 1. The summed E-state index contributed by atoms with van der Waals surface area (Å²) >= 11 is 0. The van der Waals surface area contributed by atoms with Gasteiger partial charge in [-0.25, -0.2) is 18.1 Å². The Bertz CT molecular complexity index is 770. The lowest BCUT2D eigenvalue weighted by Gasteiger charge is -2.26. The van der Waals surface area contributed by atoms with E-state index in [0.717, 1.165) is 6.26 Å². The Balaban J connectivity index is 2.94. The van der Waals surface area contributed by atoms with E-state index < -0.39 is 22.2 Å². The number of nitrogens with zero attached hydrogens (tertiary/aromatic N) is 1. The van der Waals surface area contributed by atoms with Crippen molar-refractivity contribution in [3.63, 3.8) is 0 Å². The van der Waals surface area contributed by atoms with Crippen LogP contribution < -0.4 is 24.8 Å². The van der Waals surface area contributed by atoms with Gasteiger partial charge in [-0.2, -0.15) is 8.78 Å². The minimum atomic E-state index is -3.37. The number of halogens is 2. The fourth-order valence-corrected chi connectivity index (χ4v) is 3.44. The highest BCUT2D eigenvalue weighted by Crippen LogP contribution is 2.26. The zero-order valence-corrected chi connectivity index (χ0v) is 17.5. The van der Waals surface area contributed by atoms with Crippen LogP contribution in [-0.4, -0.2) is 53.0 Å². The number of hydrogen-bond donors (Lipinski definition) is 3. The van der Waals surface area contributed by atoms with Crippen molar-refractivity contribution in [2.45, 2.75) is 39.5 Å². The van der Waals surface area contributed by atoms with Crippen LogP contribution in [0.3, 0.4) is 0 Å². The molecule has 1 aromatic carbocycles. The van der Waals surface area contributed by atoms with Gasteiger partial charge in [0.2, 0.25) is 10.0 Å². The Morgan fingerprint density at radius 1 is 1.29 bits per heavy atom. The molecule has 0 aliphatic rings. The number of hydrogen-bond acceptors (Lipinski definition) is 5. The molecule has 0 aliphatic heterocycles. The summed E-state index contributed by atoms with van der Waals surface area (Å²) in [7, 11) is -1.90. The summed E-state index contributed by atoms with van der Waals surface area (Å²) < 4.78 is 60.3. The maximum atomic E-state index is 12.6. The molecular formula is C17H28F2N4O4S. The van der Waals surface area contributed by atoms with Gasteiger partial charge in [0.05, 0.1) is 19.9 Å². The average Bonchev–Trinajstić information content (AvgIpc) is 2.55. The lowest BCUT2D eigenvalue weighted by Crippen LogP contribution is -2.53.